The van der Waals surface area contributed by atoms with E-state index in [0.29, 0.717) is 0 Å². The molecule has 1 aromatic carbocycles. The molecular weight excluding hydrogens is 260 g/mol. The number of imide groups is 1. The third-order valence-corrected chi connectivity index (χ3v) is 2.68. The van der Waals surface area contributed by atoms with E-state index in [1.807, 2.05) is 24.3 Å². The molecule has 1 heterocycles. The predicted octanol–water partition coefficient (Wildman–Crippen LogP) is 1.28. The Hall–Kier alpha value is -1.36. The highest BCUT2D eigenvalue weighted by atomic mass is 79.9. The molecule has 1 aromatic rings. The Morgan fingerprint density at radius 2 is 1.93 bits per heavy atom. The number of anilines is 1. The van der Waals surface area contributed by atoms with E-state index in [9.17, 15) is 9.59 Å². The van der Waals surface area contributed by atoms with Gasteiger partial charge in [-0.15, -0.1) is 0 Å². The lowest BCUT2D eigenvalue weighted by Gasteiger charge is -2.10. The first-order valence-corrected chi connectivity index (χ1v) is 5.30. The predicted molar refractivity (Wildman–Crippen MR) is 59.3 cm³/mol. The van der Waals surface area contributed by atoms with Gasteiger partial charge in [0.1, 0.15) is 6.04 Å². The average molecular weight is 269 g/mol. The van der Waals surface area contributed by atoms with Crippen LogP contribution in [0.2, 0.25) is 0 Å². The molecule has 15 heavy (non-hydrogen) atoms. The van der Waals surface area contributed by atoms with Crippen LogP contribution in [0.1, 0.15) is 6.42 Å². The second kappa shape index (κ2) is 4.02. The largest absolute Gasteiger partial charge is 0.373 e. The standard InChI is InChI=1S/C10H9BrN2O2/c11-6-1-3-7(4-2-6)12-8-5-9(14)13-10(8)15/h1-4,8,12H,5H2,(H,13,14,15). The molecule has 0 aliphatic carbocycles. The molecule has 0 aromatic heterocycles. The molecule has 78 valence electrons. The molecule has 1 saturated heterocycles. The van der Waals surface area contributed by atoms with Crippen LogP contribution in [0.3, 0.4) is 0 Å². The fourth-order valence-electron chi connectivity index (χ4n) is 1.42. The third kappa shape index (κ3) is 2.36. The highest BCUT2D eigenvalue weighted by Crippen LogP contribution is 2.16. The van der Waals surface area contributed by atoms with Crippen LogP contribution in [-0.2, 0) is 9.59 Å². The zero-order chi connectivity index (χ0) is 10.8. The van der Waals surface area contributed by atoms with Crippen LogP contribution in [0.5, 0.6) is 0 Å². The molecule has 2 rings (SSSR count). The van der Waals surface area contributed by atoms with E-state index in [2.05, 4.69) is 26.6 Å². The quantitative estimate of drug-likeness (QED) is 0.795. The lowest BCUT2D eigenvalue weighted by atomic mass is 10.2. The first kappa shape index (κ1) is 10.2. The number of benzene rings is 1. The van der Waals surface area contributed by atoms with Crippen LogP contribution in [-0.4, -0.2) is 17.9 Å². The van der Waals surface area contributed by atoms with E-state index in [4.69, 9.17) is 0 Å². The summed E-state index contributed by atoms with van der Waals surface area (Å²) in [5, 5.41) is 5.24. The summed E-state index contributed by atoms with van der Waals surface area (Å²) in [7, 11) is 0. The van der Waals surface area contributed by atoms with Crippen molar-refractivity contribution in [1.29, 1.82) is 0 Å². The Bertz CT molecular complexity index is 402. The summed E-state index contributed by atoms with van der Waals surface area (Å²) in [5.41, 5.74) is 0.827. The molecule has 0 spiro atoms. The fraction of sp³-hybridized carbons (Fsp3) is 0.200. The zero-order valence-electron chi connectivity index (χ0n) is 7.79. The second-order valence-corrected chi connectivity index (χ2v) is 4.24. The molecular formula is C10H9BrN2O2. The van der Waals surface area contributed by atoms with Gasteiger partial charge in [-0.25, -0.2) is 0 Å². The molecule has 4 nitrogen and oxygen atoms in total. The summed E-state index contributed by atoms with van der Waals surface area (Å²) in [5.74, 6) is -0.488. The van der Waals surface area contributed by atoms with Crippen LogP contribution in [0.25, 0.3) is 0 Å². The van der Waals surface area contributed by atoms with Gasteiger partial charge in [-0.1, -0.05) is 15.9 Å². The second-order valence-electron chi connectivity index (χ2n) is 3.32. The van der Waals surface area contributed by atoms with Gasteiger partial charge in [-0.2, -0.15) is 0 Å². The minimum absolute atomic E-state index is 0.203. The van der Waals surface area contributed by atoms with Crippen molar-refractivity contribution in [2.75, 3.05) is 5.32 Å². The number of nitrogens with one attached hydrogen (secondary N) is 2. The number of carbonyl (C=O) groups is 2. The molecule has 1 fully saturated rings. The third-order valence-electron chi connectivity index (χ3n) is 2.15. The Labute approximate surface area is 95.2 Å². The van der Waals surface area contributed by atoms with Gasteiger partial charge < -0.3 is 5.32 Å². The molecule has 2 amide bonds. The number of carbonyl (C=O) groups excluding carboxylic acids is 2. The smallest absolute Gasteiger partial charge is 0.249 e. The summed E-state index contributed by atoms with van der Waals surface area (Å²) in [4.78, 5) is 22.2. The first-order chi connectivity index (χ1) is 7.15. The zero-order valence-corrected chi connectivity index (χ0v) is 9.37. The maximum absolute atomic E-state index is 11.3. The van der Waals surface area contributed by atoms with Crippen molar-refractivity contribution >= 4 is 33.4 Å². The summed E-state index contributed by atoms with van der Waals surface area (Å²) < 4.78 is 0.972. The molecule has 0 radical (unpaired) electrons. The summed E-state index contributed by atoms with van der Waals surface area (Å²) in [6, 6.07) is 6.99. The molecule has 0 bridgehead atoms. The summed E-state index contributed by atoms with van der Waals surface area (Å²) >= 11 is 3.32. The molecule has 1 unspecified atom stereocenters. The van der Waals surface area contributed by atoms with E-state index in [0.717, 1.165) is 10.2 Å². The lowest BCUT2D eigenvalue weighted by molar-refractivity contribution is -0.124. The fourth-order valence-corrected chi connectivity index (χ4v) is 1.68. The number of halogens is 1. The van der Waals surface area contributed by atoms with E-state index < -0.39 is 6.04 Å². The SMILES string of the molecule is O=C1CC(Nc2ccc(Br)cc2)C(=O)N1. The average Bonchev–Trinajstić information content (AvgIpc) is 2.49. The van der Waals surface area contributed by atoms with Crippen molar-refractivity contribution < 1.29 is 9.59 Å². The Balaban J connectivity index is 2.06. The number of hydrogen-bond acceptors (Lipinski definition) is 3. The Kier molecular flexibility index (Phi) is 2.73. The molecule has 1 atom stereocenters. The normalized spacial score (nSPS) is 20.2. The number of amides is 2. The van der Waals surface area contributed by atoms with E-state index in [1.54, 1.807) is 0 Å². The van der Waals surface area contributed by atoms with Gasteiger partial charge in [0.05, 0.1) is 6.42 Å². The van der Waals surface area contributed by atoms with Crippen LogP contribution in [0.4, 0.5) is 5.69 Å². The van der Waals surface area contributed by atoms with Crippen LogP contribution in [0.15, 0.2) is 28.7 Å². The van der Waals surface area contributed by atoms with Gasteiger partial charge in [-0.3, -0.25) is 14.9 Å². The molecule has 1 aliphatic heterocycles. The van der Waals surface area contributed by atoms with Crippen molar-refractivity contribution in [3.05, 3.63) is 28.7 Å². The van der Waals surface area contributed by atoms with Crippen molar-refractivity contribution in [2.45, 2.75) is 12.5 Å². The Morgan fingerprint density at radius 1 is 1.27 bits per heavy atom. The minimum atomic E-state index is -0.446. The maximum Gasteiger partial charge on any atom is 0.249 e. The molecule has 2 N–H and O–H groups in total. The topological polar surface area (TPSA) is 58.2 Å². The van der Waals surface area contributed by atoms with Gasteiger partial charge >= 0.3 is 0 Å². The highest BCUT2D eigenvalue weighted by Gasteiger charge is 2.30. The van der Waals surface area contributed by atoms with Crippen molar-refractivity contribution in [2.24, 2.45) is 0 Å². The van der Waals surface area contributed by atoms with Gasteiger partial charge in [0.25, 0.3) is 0 Å². The number of hydrogen-bond donors (Lipinski definition) is 2. The van der Waals surface area contributed by atoms with Crippen LogP contribution in [0, 0.1) is 0 Å². The minimum Gasteiger partial charge on any atom is -0.373 e. The van der Waals surface area contributed by atoms with Crippen molar-refractivity contribution in [3.63, 3.8) is 0 Å². The van der Waals surface area contributed by atoms with Gasteiger partial charge in [-0.05, 0) is 24.3 Å². The molecule has 5 heteroatoms. The number of rotatable bonds is 2. The van der Waals surface area contributed by atoms with Gasteiger partial charge in [0, 0.05) is 10.2 Å². The lowest BCUT2D eigenvalue weighted by Crippen LogP contribution is -2.29. The van der Waals surface area contributed by atoms with Gasteiger partial charge in [0.2, 0.25) is 11.8 Å². The summed E-state index contributed by atoms with van der Waals surface area (Å²) in [6.45, 7) is 0. The van der Waals surface area contributed by atoms with Crippen molar-refractivity contribution in [3.8, 4) is 0 Å². The maximum atomic E-state index is 11.3. The monoisotopic (exact) mass is 268 g/mol. The molecule has 0 saturated carbocycles. The van der Waals surface area contributed by atoms with Crippen LogP contribution < -0.4 is 10.6 Å². The van der Waals surface area contributed by atoms with Crippen LogP contribution >= 0.6 is 15.9 Å². The van der Waals surface area contributed by atoms with Gasteiger partial charge in [0.15, 0.2) is 0 Å². The van der Waals surface area contributed by atoms with E-state index in [-0.39, 0.29) is 18.2 Å². The van der Waals surface area contributed by atoms with E-state index >= 15 is 0 Å². The summed E-state index contributed by atoms with van der Waals surface area (Å²) in [6.07, 6.45) is 0.203. The molecule has 1 aliphatic rings. The van der Waals surface area contributed by atoms with E-state index in [1.165, 1.54) is 0 Å². The van der Waals surface area contributed by atoms with Crippen molar-refractivity contribution in [1.82, 2.24) is 5.32 Å². The first-order valence-electron chi connectivity index (χ1n) is 4.51. The highest BCUT2D eigenvalue weighted by molar-refractivity contribution is 9.10. The Morgan fingerprint density at radius 3 is 2.47 bits per heavy atom.